The highest BCUT2D eigenvalue weighted by molar-refractivity contribution is 5.40. The molecule has 0 bridgehead atoms. The Labute approximate surface area is 196 Å². The summed E-state index contributed by atoms with van der Waals surface area (Å²) < 4.78 is 0. The van der Waals surface area contributed by atoms with Crippen molar-refractivity contribution in [2.75, 3.05) is 0 Å². The molecule has 0 amide bonds. The fourth-order valence-electron chi connectivity index (χ4n) is 7.96. The van der Waals surface area contributed by atoms with Gasteiger partial charge in [0.25, 0.3) is 0 Å². The minimum atomic E-state index is -0.802. The van der Waals surface area contributed by atoms with Gasteiger partial charge < -0.3 is 10.2 Å². The van der Waals surface area contributed by atoms with E-state index in [1.54, 1.807) is 0 Å². The highest BCUT2D eigenvalue weighted by Crippen LogP contribution is 2.54. The lowest BCUT2D eigenvalue weighted by Gasteiger charge is -2.53. The van der Waals surface area contributed by atoms with Gasteiger partial charge in [-0.15, -0.1) is 0 Å². The van der Waals surface area contributed by atoms with Gasteiger partial charge in [0.2, 0.25) is 0 Å². The van der Waals surface area contributed by atoms with Crippen molar-refractivity contribution in [3.63, 3.8) is 0 Å². The third kappa shape index (κ3) is 4.00. The van der Waals surface area contributed by atoms with Crippen molar-refractivity contribution in [1.29, 1.82) is 0 Å². The van der Waals surface area contributed by atoms with Gasteiger partial charge in [0.15, 0.2) is 0 Å². The molecule has 0 heterocycles. The Balaban J connectivity index is 1.74. The summed E-state index contributed by atoms with van der Waals surface area (Å²) in [5, 5.41) is 24.9. The Morgan fingerprint density at radius 2 is 1.00 bits per heavy atom. The molecule has 2 N–H and O–H groups in total. The SMILES string of the molecule is CC1=CC(C(C)C2C=C(C)C=C(C)C2(O)C2CCCCC2)C(O)(C2CCCCC2)C(C)=C1. The number of allylic oxidation sites excluding steroid dienone is 4. The van der Waals surface area contributed by atoms with Gasteiger partial charge in [0.1, 0.15) is 0 Å². The molecule has 0 aliphatic heterocycles. The standard InChI is InChI=1S/C30H46O2/c1-20-16-22(3)29(31,25-12-8-6-9-13-25)27(18-20)24(5)28-19-21(2)17-23(4)30(28,32)26-14-10-7-11-15-26/h16-19,24-28,31-32H,6-15H2,1-5H3. The second-order valence-corrected chi connectivity index (χ2v) is 11.7. The summed E-state index contributed by atoms with van der Waals surface area (Å²) in [6, 6.07) is 0. The second-order valence-electron chi connectivity index (χ2n) is 11.7. The number of hydrogen-bond acceptors (Lipinski definition) is 2. The maximum absolute atomic E-state index is 12.4. The molecule has 0 aromatic rings. The van der Waals surface area contributed by atoms with Gasteiger partial charge in [-0.05, 0) is 82.3 Å². The minimum Gasteiger partial charge on any atom is -0.385 e. The van der Waals surface area contributed by atoms with Crippen LogP contribution >= 0.6 is 0 Å². The zero-order chi connectivity index (χ0) is 23.1. The minimum absolute atomic E-state index is 0.0330. The topological polar surface area (TPSA) is 40.5 Å². The molecule has 0 aromatic heterocycles. The molecule has 0 spiro atoms. The summed E-state index contributed by atoms with van der Waals surface area (Å²) in [6.07, 6.45) is 21.0. The predicted molar refractivity (Wildman–Crippen MR) is 134 cm³/mol. The molecular weight excluding hydrogens is 392 g/mol. The molecule has 0 aromatic carbocycles. The highest BCUT2D eigenvalue weighted by atomic mass is 16.3. The molecule has 4 rings (SSSR count). The molecule has 0 radical (unpaired) electrons. The Morgan fingerprint density at radius 1 is 0.656 bits per heavy atom. The summed E-state index contributed by atoms with van der Waals surface area (Å²) >= 11 is 0. The Hall–Kier alpha value is -1.12. The first-order valence-corrected chi connectivity index (χ1v) is 13.4. The normalized spacial score (nSPS) is 38.5. The van der Waals surface area contributed by atoms with Crippen LogP contribution in [0.5, 0.6) is 0 Å². The third-order valence-corrected chi connectivity index (χ3v) is 9.64. The van der Waals surface area contributed by atoms with Crippen molar-refractivity contribution in [2.45, 2.75) is 110 Å². The van der Waals surface area contributed by atoms with E-state index in [1.165, 1.54) is 49.7 Å². The number of rotatable bonds is 4. The van der Waals surface area contributed by atoms with E-state index in [0.29, 0.717) is 11.8 Å². The van der Waals surface area contributed by atoms with Crippen molar-refractivity contribution < 1.29 is 10.2 Å². The van der Waals surface area contributed by atoms with Crippen LogP contribution in [0.1, 0.15) is 98.8 Å². The Bertz CT molecular complexity index is 750. The quantitative estimate of drug-likeness (QED) is 0.484. The van der Waals surface area contributed by atoms with Crippen LogP contribution in [0.15, 0.2) is 46.6 Å². The van der Waals surface area contributed by atoms with E-state index in [-0.39, 0.29) is 17.8 Å². The molecule has 4 atom stereocenters. The lowest BCUT2D eigenvalue weighted by Crippen LogP contribution is -2.56. The van der Waals surface area contributed by atoms with Gasteiger partial charge in [0, 0.05) is 11.8 Å². The molecule has 4 aliphatic carbocycles. The smallest absolute Gasteiger partial charge is 0.0950 e. The summed E-state index contributed by atoms with van der Waals surface area (Å²) in [5.74, 6) is 0.858. The fourth-order valence-corrected chi connectivity index (χ4v) is 7.96. The van der Waals surface area contributed by atoms with Crippen LogP contribution < -0.4 is 0 Å². The largest absolute Gasteiger partial charge is 0.385 e. The summed E-state index contributed by atoms with van der Waals surface area (Å²) in [6.45, 7) is 10.9. The molecule has 2 nitrogen and oxygen atoms in total. The molecule has 32 heavy (non-hydrogen) atoms. The van der Waals surface area contributed by atoms with Gasteiger partial charge in [-0.2, -0.15) is 0 Å². The van der Waals surface area contributed by atoms with Gasteiger partial charge in [-0.25, -0.2) is 0 Å². The van der Waals surface area contributed by atoms with E-state index >= 15 is 0 Å². The summed E-state index contributed by atoms with van der Waals surface area (Å²) in [7, 11) is 0. The van der Waals surface area contributed by atoms with Crippen LogP contribution in [0.3, 0.4) is 0 Å². The molecule has 0 saturated heterocycles. The Morgan fingerprint density at radius 3 is 1.34 bits per heavy atom. The van der Waals surface area contributed by atoms with Crippen molar-refractivity contribution in [3.05, 3.63) is 46.6 Å². The van der Waals surface area contributed by atoms with E-state index in [0.717, 1.165) is 36.8 Å². The first kappa shape index (κ1) is 24.0. The average Bonchev–Trinajstić information content (AvgIpc) is 2.79. The first-order chi connectivity index (χ1) is 15.2. The summed E-state index contributed by atoms with van der Waals surface area (Å²) in [4.78, 5) is 0. The van der Waals surface area contributed by atoms with Crippen molar-refractivity contribution in [3.8, 4) is 0 Å². The zero-order valence-electron chi connectivity index (χ0n) is 21.2. The fraction of sp³-hybridized carbons (Fsp3) is 0.733. The van der Waals surface area contributed by atoms with Crippen LogP contribution in [0.4, 0.5) is 0 Å². The molecule has 2 saturated carbocycles. The first-order valence-electron chi connectivity index (χ1n) is 13.4. The van der Waals surface area contributed by atoms with Gasteiger partial charge in [-0.3, -0.25) is 0 Å². The van der Waals surface area contributed by atoms with Gasteiger partial charge in [0.05, 0.1) is 11.2 Å². The monoisotopic (exact) mass is 438 g/mol. The van der Waals surface area contributed by atoms with Crippen LogP contribution in [0.2, 0.25) is 0 Å². The van der Waals surface area contributed by atoms with Crippen LogP contribution in [0.25, 0.3) is 0 Å². The average molecular weight is 439 g/mol. The van der Waals surface area contributed by atoms with Crippen LogP contribution in [0, 0.1) is 29.6 Å². The summed E-state index contributed by atoms with van der Waals surface area (Å²) in [5.41, 5.74) is 3.17. The van der Waals surface area contributed by atoms with Crippen LogP contribution in [-0.2, 0) is 0 Å². The van der Waals surface area contributed by atoms with Gasteiger partial charge >= 0.3 is 0 Å². The lowest BCUT2D eigenvalue weighted by atomic mass is 9.55. The van der Waals surface area contributed by atoms with Crippen molar-refractivity contribution >= 4 is 0 Å². The predicted octanol–water partition coefficient (Wildman–Crippen LogP) is 7.29. The van der Waals surface area contributed by atoms with Crippen molar-refractivity contribution in [1.82, 2.24) is 0 Å². The second kappa shape index (κ2) is 9.26. The van der Waals surface area contributed by atoms with E-state index in [1.807, 2.05) is 0 Å². The van der Waals surface area contributed by atoms with Crippen LogP contribution in [-0.4, -0.2) is 21.4 Å². The lowest BCUT2D eigenvalue weighted by molar-refractivity contribution is -0.0950. The molecule has 2 fully saturated rings. The van der Waals surface area contributed by atoms with E-state index in [2.05, 4.69) is 58.9 Å². The molecule has 4 aliphatic rings. The number of aliphatic hydroxyl groups is 2. The third-order valence-electron chi connectivity index (χ3n) is 9.64. The Kier molecular flexibility index (Phi) is 6.95. The molecule has 4 unspecified atom stereocenters. The van der Waals surface area contributed by atoms with E-state index < -0.39 is 11.2 Å². The van der Waals surface area contributed by atoms with E-state index in [9.17, 15) is 10.2 Å². The molecule has 178 valence electrons. The molecule has 2 heteroatoms. The van der Waals surface area contributed by atoms with E-state index in [4.69, 9.17) is 0 Å². The van der Waals surface area contributed by atoms with Gasteiger partial charge in [-0.1, -0.05) is 80.9 Å². The van der Waals surface area contributed by atoms with Crippen molar-refractivity contribution in [2.24, 2.45) is 29.6 Å². The zero-order valence-corrected chi connectivity index (χ0v) is 21.2. The highest BCUT2D eigenvalue weighted by Gasteiger charge is 2.54. The maximum Gasteiger partial charge on any atom is 0.0950 e. The maximum atomic E-state index is 12.4. The molecular formula is C30H46O2. The number of hydrogen-bond donors (Lipinski definition) is 2.